The number of thioether (sulfide) groups is 1. The van der Waals surface area contributed by atoms with Gasteiger partial charge >= 0.3 is 17.6 Å². The van der Waals surface area contributed by atoms with Crippen LogP contribution >= 0.6 is 11.8 Å². The number of hydrogen-bond acceptors (Lipinski definition) is 8. The molecule has 6 rings (SSSR count). The van der Waals surface area contributed by atoms with Crippen molar-refractivity contribution >= 4 is 23.7 Å². The summed E-state index contributed by atoms with van der Waals surface area (Å²) in [4.78, 5) is 52.3. The lowest BCUT2D eigenvalue weighted by Crippen LogP contribution is -2.57. The standard InChI is InChI=1S/C25H19FN2O7S/c26-25-20(33-18(30)15-7-3-1-4-8-15)24(25,34-19(31)16-9-5-2-6-10-16)23(12-14-36-23)21(35-25)28-13-11-17(29)27-22(28)32/h1-11,13,20-21H,12,14H2,(H,27,29,32)/t20?,21-,23+,24+,25-/m1/s1. The van der Waals surface area contributed by atoms with Gasteiger partial charge in [0.2, 0.25) is 11.7 Å². The Balaban J connectivity index is 1.42. The summed E-state index contributed by atoms with van der Waals surface area (Å²) >= 11 is 1.26. The number of aromatic nitrogens is 2. The van der Waals surface area contributed by atoms with Crippen LogP contribution in [0.15, 0.2) is 82.5 Å². The number of rotatable bonds is 5. The molecule has 1 saturated carbocycles. The molecule has 1 N–H and O–H groups in total. The smallest absolute Gasteiger partial charge is 0.339 e. The topological polar surface area (TPSA) is 117 Å². The van der Waals surface area contributed by atoms with E-state index >= 15 is 4.39 Å². The Morgan fingerprint density at radius 2 is 1.61 bits per heavy atom. The number of aromatic amines is 1. The van der Waals surface area contributed by atoms with Gasteiger partial charge in [-0.05, 0) is 36.4 Å². The Hall–Kier alpha value is -3.70. The van der Waals surface area contributed by atoms with E-state index in [0.29, 0.717) is 12.2 Å². The number of fused-ring (bicyclic) bond motifs is 2. The van der Waals surface area contributed by atoms with Crippen molar-refractivity contribution in [2.45, 2.75) is 35.0 Å². The third-order valence-corrected chi connectivity index (χ3v) is 8.51. The van der Waals surface area contributed by atoms with Gasteiger partial charge < -0.3 is 14.2 Å². The molecule has 3 fully saturated rings. The van der Waals surface area contributed by atoms with E-state index in [2.05, 4.69) is 4.98 Å². The van der Waals surface area contributed by atoms with Gasteiger partial charge in [-0.2, -0.15) is 0 Å². The van der Waals surface area contributed by atoms with Gasteiger partial charge in [-0.1, -0.05) is 36.4 Å². The number of H-pyrrole nitrogens is 1. The van der Waals surface area contributed by atoms with E-state index in [1.807, 2.05) is 0 Å². The Labute approximate surface area is 207 Å². The van der Waals surface area contributed by atoms with Crippen LogP contribution in [0.25, 0.3) is 0 Å². The lowest BCUT2D eigenvalue weighted by Gasteiger charge is -2.46. The number of halogens is 1. The van der Waals surface area contributed by atoms with Crippen molar-refractivity contribution in [2.75, 3.05) is 5.75 Å². The Morgan fingerprint density at radius 3 is 2.17 bits per heavy atom. The summed E-state index contributed by atoms with van der Waals surface area (Å²) in [5.41, 5.74) is -3.06. The van der Waals surface area contributed by atoms with Crippen molar-refractivity contribution in [1.82, 2.24) is 9.55 Å². The normalized spacial score (nSPS) is 31.8. The Morgan fingerprint density at radius 1 is 1.00 bits per heavy atom. The third-order valence-electron chi connectivity index (χ3n) is 6.87. The van der Waals surface area contributed by atoms with Crippen LogP contribution in [0, 0.1) is 0 Å². The molecule has 1 spiro atoms. The van der Waals surface area contributed by atoms with Gasteiger partial charge in [-0.15, -0.1) is 11.8 Å². The summed E-state index contributed by atoms with van der Waals surface area (Å²) in [5, 5.41) is 0. The second kappa shape index (κ2) is 7.90. The van der Waals surface area contributed by atoms with Crippen LogP contribution in [0.1, 0.15) is 33.4 Å². The first-order chi connectivity index (χ1) is 17.3. The molecule has 3 aliphatic rings. The lowest BCUT2D eigenvalue weighted by molar-refractivity contribution is -0.143. The fourth-order valence-corrected chi connectivity index (χ4v) is 6.51. The number of carbonyl (C=O) groups excluding carboxylic acids is 2. The third kappa shape index (κ3) is 2.99. The maximum atomic E-state index is 16.6. The zero-order chi connectivity index (χ0) is 25.1. The Bertz CT molecular complexity index is 1470. The summed E-state index contributed by atoms with van der Waals surface area (Å²) in [5.74, 6) is -3.77. The van der Waals surface area contributed by atoms with Crippen LogP contribution in [0.5, 0.6) is 0 Å². The zero-order valence-corrected chi connectivity index (χ0v) is 19.4. The molecule has 184 valence electrons. The van der Waals surface area contributed by atoms with Crippen LogP contribution in [-0.2, 0) is 14.2 Å². The first kappa shape index (κ1) is 22.7. The summed E-state index contributed by atoms with van der Waals surface area (Å²) < 4.78 is 33.6. The minimum atomic E-state index is -2.71. The van der Waals surface area contributed by atoms with Crippen molar-refractivity contribution in [2.24, 2.45) is 0 Å². The summed E-state index contributed by atoms with van der Waals surface area (Å²) in [6.07, 6.45) is -1.27. The van der Waals surface area contributed by atoms with E-state index in [0.717, 1.165) is 10.6 Å². The number of nitrogens with one attached hydrogen (secondary N) is 1. The minimum Gasteiger partial charge on any atom is -0.448 e. The molecule has 11 heteroatoms. The van der Waals surface area contributed by atoms with Crippen molar-refractivity contribution in [3.63, 3.8) is 0 Å². The van der Waals surface area contributed by atoms with Gasteiger partial charge in [-0.3, -0.25) is 14.3 Å². The lowest BCUT2D eigenvalue weighted by atomic mass is 9.92. The molecule has 1 unspecified atom stereocenters. The highest BCUT2D eigenvalue weighted by Gasteiger charge is 3.00. The molecule has 9 nitrogen and oxygen atoms in total. The molecule has 5 atom stereocenters. The fourth-order valence-electron chi connectivity index (χ4n) is 5.06. The van der Waals surface area contributed by atoms with Gasteiger partial charge in [0.25, 0.3) is 11.4 Å². The average Bonchev–Trinajstić information content (AvgIpc) is 3.22. The van der Waals surface area contributed by atoms with Crippen LogP contribution in [0.2, 0.25) is 0 Å². The van der Waals surface area contributed by atoms with Crippen LogP contribution in [-0.4, -0.2) is 49.5 Å². The molecule has 3 aromatic rings. The quantitative estimate of drug-likeness (QED) is 0.521. The number of esters is 2. The van der Waals surface area contributed by atoms with Crippen molar-refractivity contribution in [1.29, 1.82) is 0 Å². The highest BCUT2D eigenvalue weighted by molar-refractivity contribution is 8.02. The van der Waals surface area contributed by atoms with Crippen molar-refractivity contribution in [3.05, 3.63) is 105 Å². The number of ether oxygens (including phenoxy) is 3. The number of alkyl halides is 1. The number of benzene rings is 2. The summed E-state index contributed by atoms with van der Waals surface area (Å²) in [6.45, 7) is 0. The molecule has 2 aromatic carbocycles. The molecule has 2 aliphatic heterocycles. The van der Waals surface area contributed by atoms with Gasteiger partial charge in [-0.25, -0.2) is 18.8 Å². The molecular weight excluding hydrogens is 491 g/mol. The molecular formula is C25H19FN2O7S. The van der Waals surface area contributed by atoms with Gasteiger partial charge in [0.15, 0.2) is 6.23 Å². The molecule has 2 saturated heterocycles. The second-order valence-corrected chi connectivity index (χ2v) is 10.2. The molecule has 0 bridgehead atoms. The molecule has 3 heterocycles. The maximum Gasteiger partial charge on any atom is 0.339 e. The van der Waals surface area contributed by atoms with E-state index in [1.165, 1.54) is 42.2 Å². The van der Waals surface area contributed by atoms with E-state index in [4.69, 9.17) is 14.2 Å². The zero-order valence-electron chi connectivity index (χ0n) is 18.6. The molecule has 1 aromatic heterocycles. The van der Waals surface area contributed by atoms with E-state index in [9.17, 15) is 19.2 Å². The number of carbonyl (C=O) groups is 2. The Kier molecular flexibility index (Phi) is 4.99. The summed E-state index contributed by atoms with van der Waals surface area (Å²) in [7, 11) is 0. The van der Waals surface area contributed by atoms with Crippen LogP contribution < -0.4 is 11.2 Å². The molecule has 0 amide bonds. The average molecular weight is 510 g/mol. The number of hydrogen-bond donors (Lipinski definition) is 1. The summed E-state index contributed by atoms with van der Waals surface area (Å²) in [6, 6.07) is 17.2. The monoisotopic (exact) mass is 510 g/mol. The van der Waals surface area contributed by atoms with Crippen LogP contribution in [0.3, 0.4) is 0 Å². The molecule has 0 radical (unpaired) electrons. The highest BCUT2D eigenvalue weighted by atomic mass is 32.2. The predicted octanol–water partition coefficient (Wildman–Crippen LogP) is 2.44. The molecule has 1 aliphatic carbocycles. The van der Waals surface area contributed by atoms with Crippen molar-refractivity contribution in [3.8, 4) is 0 Å². The van der Waals surface area contributed by atoms with E-state index in [1.54, 1.807) is 36.4 Å². The first-order valence-electron chi connectivity index (χ1n) is 11.2. The second-order valence-electron chi connectivity index (χ2n) is 8.76. The van der Waals surface area contributed by atoms with Gasteiger partial charge in [0.1, 0.15) is 4.75 Å². The predicted molar refractivity (Wildman–Crippen MR) is 125 cm³/mol. The van der Waals surface area contributed by atoms with E-state index in [-0.39, 0.29) is 11.1 Å². The fraction of sp³-hybridized carbons (Fsp3) is 0.280. The highest BCUT2D eigenvalue weighted by Crippen LogP contribution is 2.78. The van der Waals surface area contributed by atoms with Gasteiger partial charge in [0.05, 0.1) is 11.1 Å². The minimum absolute atomic E-state index is 0.179. The molecule has 36 heavy (non-hydrogen) atoms. The SMILES string of the molecule is O=C(OC1[C@]2(OC(=O)c3ccccc3)[C@]3(CCS3)[C@H](n3ccc(=O)[nH]c3=O)O[C@]12F)c1ccccc1. The van der Waals surface area contributed by atoms with Crippen LogP contribution in [0.4, 0.5) is 4.39 Å². The van der Waals surface area contributed by atoms with Crippen molar-refractivity contribution < 1.29 is 28.2 Å². The first-order valence-corrected chi connectivity index (χ1v) is 12.2. The largest absolute Gasteiger partial charge is 0.448 e. The van der Waals surface area contributed by atoms with Gasteiger partial charge in [0, 0.05) is 12.3 Å². The number of nitrogens with zero attached hydrogens (tertiary/aromatic N) is 1. The van der Waals surface area contributed by atoms with E-state index < -0.39 is 51.7 Å². The maximum absolute atomic E-state index is 16.6.